The van der Waals surface area contributed by atoms with Gasteiger partial charge in [-0.3, -0.25) is 4.79 Å². The topological polar surface area (TPSA) is 49.3 Å². The molecule has 0 bridgehead atoms. The second-order valence-electron chi connectivity index (χ2n) is 6.02. The summed E-state index contributed by atoms with van der Waals surface area (Å²) >= 11 is 0. The number of hydrogen-bond donors (Lipinski definition) is 2. The fourth-order valence-corrected chi connectivity index (χ4v) is 2.34. The molecule has 3 nitrogen and oxygen atoms in total. The smallest absolute Gasteiger partial charge is 0.304 e. The number of carboxylic acids is 1. The van der Waals surface area contributed by atoms with Crippen LogP contribution in [0, 0.1) is 5.41 Å². The van der Waals surface area contributed by atoms with Crippen molar-refractivity contribution in [3.05, 3.63) is 0 Å². The highest BCUT2D eigenvalue weighted by Crippen LogP contribution is 2.25. The van der Waals surface area contributed by atoms with Crippen molar-refractivity contribution in [1.29, 1.82) is 0 Å². The summed E-state index contributed by atoms with van der Waals surface area (Å²) in [7, 11) is 0. The zero-order chi connectivity index (χ0) is 12.2. The van der Waals surface area contributed by atoms with Gasteiger partial charge in [0.2, 0.25) is 0 Å². The van der Waals surface area contributed by atoms with Gasteiger partial charge < -0.3 is 10.4 Å². The molecule has 2 N–H and O–H groups in total. The summed E-state index contributed by atoms with van der Waals surface area (Å²) in [6.45, 7) is 6.32. The fraction of sp³-hybridized carbons (Fsp3) is 0.923. The minimum atomic E-state index is -0.705. The Labute approximate surface area is 98.6 Å². The van der Waals surface area contributed by atoms with Gasteiger partial charge >= 0.3 is 5.97 Å². The van der Waals surface area contributed by atoms with Crippen LogP contribution in [-0.2, 0) is 4.79 Å². The molecule has 16 heavy (non-hydrogen) atoms. The third kappa shape index (κ3) is 4.52. The first kappa shape index (κ1) is 13.5. The Balaban J connectivity index is 2.51. The highest BCUT2D eigenvalue weighted by molar-refractivity contribution is 5.67. The average Bonchev–Trinajstić information content (AvgIpc) is 2.16. The van der Waals surface area contributed by atoms with Crippen LogP contribution >= 0.6 is 0 Å². The lowest BCUT2D eigenvalue weighted by Gasteiger charge is -2.35. The molecule has 0 aromatic heterocycles. The van der Waals surface area contributed by atoms with Gasteiger partial charge in [0.15, 0.2) is 0 Å². The number of carbonyl (C=O) groups is 1. The van der Waals surface area contributed by atoms with Crippen molar-refractivity contribution in [2.24, 2.45) is 5.41 Å². The minimum Gasteiger partial charge on any atom is -0.481 e. The van der Waals surface area contributed by atoms with Crippen LogP contribution in [0.25, 0.3) is 0 Å². The van der Waals surface area contributed by atoms with Gasteiger partial charge in [-0.25, -0.2) is 0 Å². The number of carboxylic acid groups (broad SMARTS) is 1. The van der Waals surface area contributed by atoms with Gasteiger partial charge in [-0.2, -0.15) is 0 Å². The molecule has 1 fully saturated rings. The molecule has 1 unspecified atom stereocenters. The summed E-state index contributed by atoms with van der Waals surface area (Å²) in [6.07, 6.45) is 6.51. The van der Waals surface area contributed by atoms with Crippen molar-refractivity contribution >= 4 is 5.97 Å². The third-order valence-electron chi connectivity index (χ3n) is 3.47. The fourth-order valence-electron chi connectivity index (χ4n) is 2.34. The number of nitrogens with one attached hydrogen (secondary N) is 1. The quantitative estimate of drug-likeness (QED) is 0.776. The molecule has 0 radical (unpaired) electrons. The third-order valence-corrected chi connectivity index (χ3v) is 3.47. The van der Waals surface area contributed by atoms with E-state index < -0.39 is 5.97 Å². The van der Waals surface area contributed by atoms with Crippen molar-refractivity contribution in [2.45, 2.75) is 71.4 Å². The molecule has 0 aromatic rings. The van der Waals surface area contributed by atoms with Gasteiger partial charge in [0.05, 0.1) is 6.42 Å². The van der Waals surface area contributed by atoms with Crippen molar-refractivity contribution in [3.8, 4) is 0 Å². The maximum atomic E-state index is 10.9. The van der Waals surface area contributed by atoms with E-state index in [-0.39, 0.29) is 17.9 Å². The molecule has 1 saturated carbocycles. The van der Waals surface area contributed by atoms with Gasteiger partial charge in [-0.1, -0.05) is 40.0 Å². The van der Waals surface area contributed by atoms with Crippen LogP contribution < -0.4 is 5.32 Å². The van der Waals surface area contributed by atoms with Crippen molar-refractivity contribution < 1.29 is 9.90 Å². The molecule has 1 atom stereocenters. The Hall–Kier alpha value is -0.570. The molecule has 0 spiro atoms. The maximum Gasteiger partial charge on any atom is 0.304 e. The van der Waals surface area contributed by atoms with Crippen LogP contribution in [0.3, 0.4) is 0 Å². The molecule has 1 rings (SSSR count). The van der Waals surface area contributed by atoms with E-state index in [1.807, 2.05) is 0 Å². The Morgan fingerprint density at radius 3 is 2.31 bits per heavy atom. The molecule has 0 amide bonds. The van der Waals surface area contributed by atoms with Crippen molar-refractivity contribution in [3.63, 3.8) is 0 Å². The van der Waals surface area contributed by atoms with E-state index in [1.54, 1.807) is 0 Å². The lowest BCUT2D eigenvalue weighted by molar-refractivity contribution is -0.138. The van der Waals surface area contributed by atoms with E-state index in [0.717, 1.165) is 0 Å². The maximum absolute atomic E-state index is 10.9. The first-order valence-electron chi connectivity index (χ1n) is 6.37. The van der Waals surface area contributed by atoms with Crippen LogP contribution in [0.2, 0.25) is 0 Å². The molecule has 0 aliphatic heterocycles. The van der Waals surface area contributed by atoms with Gasteiger partial charge in [0.25, 0.3) is 0 Å². The highest BCUT2D eigenvalue weighted by Gasteiger charge is 2.29. The van der Waals surface area contributed by atoms with Gasteiger partial charge in [-0.05, 0) is 18.3 Å². The van der Waals surface area contributed by atoms with Crippen molar-refractivity contribution in [1.82, 2.24) is 5.32 Å². The summed E-state index contributed by atoms with van der Waals surface area (Å²) < 4.78 is 0. The lowest BCUT2D eigenvalue weighted by Crippen LogP contribution is -2.47. The molecule has 3 heteroatoms. The predicted molar refractivity (Wildman–Crippen MR) is 65.5 cm³/mol. The number of rotatable bonds is 4. The molecule has 0 aromatic carbocycles. The Morgan fingerprint density at radius 2 is 1.88 bits per heavy atom. The molecule has 1 aliphatic rings. The van der Waals surface area contributed by atoms with E-state index in [0.29, 0.717) is 6.04 Å². The largest absolute Gasteiger partial charge is 0.481 e. The summed E-state index contributed by atoms with van der Waals surface area (Å²) in [5, 5.41) is 12.5. The Kier molecular flexibility index (Phi) is 4.78. The van der Waals surface area contributed by atoms with E-state index in [4.69, 9.17) is 5.11 Å². The van der Waals surface area contributed by atoms with E-state index >= 15 is 0 Å². The summed E-state index contributed by atoms with van der Waals surface area (Å²) in [5.41, 5.74) is 0.00976. The molecule has 0 heterocycles. The number of aliphatic carboxylic acids is 1. The summed E-state index contributed by atoms with van der Waals surface area (Å²) in [5.74, 6) is -0.705. The van der Waals surface area contributed by atoms with E-state index in [2.05, 4.69) is 26.1 Å². The van der Waals surface area contributed by atoms with Crippen LogP contribution in [0.5, 0.6) is 0 Å². The van der Waals surface area contributed by atoms with E-state index in [9.17, 15) is 4.79 Å². The molecular formula is C13H25NO2. The standard InChI is InChI=1S/C13H25NO2/c1-13(2,3)11(9-12(15)16)14-10-7-5-4-6-8-10/h10-11,14H,4-9H2,1-3H3,(H,15,16). The second-order valence-corrected chi connectivity index (χ2v) is 6.02. The zero-order valence-corrected chi connectivity index (χ0v) is 10.8. The van der Waals surface area contributed by atoms with Crippen LogP contribution in [0.4, 0.5) is 0 Å². The average molecular weight is 227 g/mol. The zero-order valence-electron chi connectivity index (χ0n) is 10.8. The Morgan fingerprint density at radius 1 is 1.31 bits per heavy atom. The van der Waals surface area contributed by atoms with E-state index in [1.165, 1.54) is 32.1 Å². The monoisotopic (exact) mass is 227 g/mol. The lowest BCUT2D eigenvalue weighted by atomic mass is 9.83. The molecular weight excluding hydrogens is 202 g/mol. The molecule has 94 valence electrons. The normalized spacial score (nSPS) is 20.7. The van der Waals surface area contributed by atoms with Crippen LogP contribution in [0.15, 0.2) is 0 Å². The van der Waals surface area contributed by atoms with Crippen molar-refractivity contribution in [2.75, 3.05) is 0 Å². The molecule has 0 saturated heterocycles. The highest BCUT2D eigenvalue weighted by atomic mass is 16.4. The second kappa shape index (κ2) is 5.67. The molecule has 1 aliphatic carbocycles. The van der Waals surface area contributed by atoms with Crippen LogP contribution in [-0.4, -0.2) is 23.2 Å². The minimum absolute atomic E-state index is 0.00976. The Bertz CT molecular complexity index is 227. The predicted octanol–water partition coefficient (Wildman–Crippen LogP) is 2.80. The van der Waals surface area contributed by atoms with Gasteiger partial charge in [-0.15, -0.1) is 0 Å². The number of hydrogen-bond acceptors (Lipinski definition) is 2. The van der Waals surface area contributed by atoms with Gasteiger partial charge in [0, 0.05) is 12.1 Å². The van der Waals surface area contributed by atoms with Gasteiger partial charge in [0.1, 0.15) is 0 Å². The summed E-state index contributed by atoms with van der Waals surface area (Å²) in [6, 6.07) is 0.602. The first-order valence-corrected chi connectivity index (χ1v) is 6.37. The first-order chi connectivity index (χ1) is 7.39. The van der Waals surface area contributed by atoms with Crippen LogP contribution in [0.1, 0.15) is 59.3 Å². The SMILES string of the molecule is CC(C)(C)C(CC(=O)O)NC1CCCCC1. The summed E-state index contributed by atoms with van der Waals surface area (Å²) in [4.78, 5) is 10.9.